The zero-order chi connectivity index (χ0) is 17.6. The Morgan fingerprint density at radius 1 is 1.00 bits per heavy atom. The lowest BCUT2D eigenvalue weighted by Gasteiger charge is -2.24. The van der Waals surface area contributed by atoms with Crippen LogP contribution in [0.5, 0.6) is 5.75 Å². The van der Waals surface area contributed by atoms with E-state index in [4.69, 9.17) is 6.42 Å². The molecule has 4 rings (SSSR count). The number of anilines is 1. The molecule has 1 amide bonds. The quantitative estimate of drug-likeness (QED) is 0.711. The summed E-state index contributed by atoms with van der Waals surface area (Å²) in [5.41, 5.74) is -0.841. The van der Waals surface area contributed by atoms with E-state index in [0.29, 0.717) is 16.6 Å². The summed E-state index contributed by atoms with van der Waals surface area (Å²) in [5.74, 6) is 1.78. The number of para-hydroxylation sites is 1. The number of amides is 1. The smallest absolute Gasteiger partial charge is 0.269 e. The Morgan fingerprint density at radius 2 is 1.72 bits per heavy atom. The van der Waals surface area contributed by atoms with Crippen LogP contribution in [0.15, 0.2) is 60.7 Å². The van der Waals surface area contributed by atoms with Gasteiger partial charge in [0.25, 0.3) is 5.91 Å². The summed E-state index contributed by atoms with van der Waals surface area (Å²) >= 11 is 0. The maximum atomic E-state index is 13.0. The van der Waals surface area contributed by atoms with Crippen LogP contribution in [0.4, 0.5) is 5.69 Å². The monoisotopic (exact) mass is 329 g/mol. The Kier molecular flexibility index (Phi) is 3.28. The Hall–Kier alpha value is -3.29. The first-order valence-corrected chi connectivity index (χ1v) is 7.87. The normalized spacial score (nSPS) is 19.0. The first-order chi connectivity index (χ1) is 12.1. The van der Waals surface area contributed by atoms with Gasteiger partial charge in [-0.1, -0.05) is 60.5 Å². The van der Waals surface area contributed by atoms with Crippen molar-refractivity contribution in [3.05, 3.63) is 71.8 Å². The van der Waals surface area contributed by atoms with Crippen molar-refractivity contribution >= 4 is 22.4 Å². The molecule has 122 valence electrons. The summed E-state index contributed by atoms with van der Waals surface area (Å²) in [4.78, 5) is 14.4. The number of nitrogens with zero attached hydrogens (tertiary/aromatic N) is 1. The van der Waals surface area contributed by atoms with Crippen molar-refractivity contribution in [3.63, 3.8) is 0 Å². The minimum absolute atomic E-state index is 0.0481. The standard InChI is InChI=1S/C21H15NO3/c1-2-13-22-18-10-6-5-9-16(18)21(25,20(22)24)17-12-11-14-7-3-4-8-15(14)19(17)23/h1,3-12,23,25H,13H2. The van der Waals surface area contributed by atoms with Crippen molar-refractivity contribution in [3.8, 4) is 18.1 Å². The summed E-state index contributed by atoms with van der Waals surface area (Å²) in [7, 11) is 0. The van der Waals surface area contributed by atoms with E-state index in [1.807, 2.05) is 12.1 Å². The Bertz CT molecular complexity index is 1050. The zero-order valence-electron chi connectivity index (χ0n) is 13.3. The predicted molar refractivity (Wildman–Crippen MR) is 96.2 cm³/mol. The van der Waals surface area contributed by atoms with Gasteiger partial charge in [0.2, 0.25) is 0 Å². The highest BCUT2D eigenvalue weighted by molar-refractivity contribution is 6.10. The van der Waals surface area contributed by atoms with Crippen LogP contribution in [-0.4, -0.2) is 22.7 Å². The average molecular weight is 329 g/mol. The Morgan fingerprint density at radius 3 is 2.52 bits per heavy atom. The van der Waals surface area contributed by atoms with Gasteiger partial charge in [-0.05, 0) is 11.5 Å². The van der Waals surface area contributed by atoms with E-state index in [2.05, 4.69) is 5.92 Å². The van der Waals surface area contributed by atoms with Crippen molar-refractivity contribution < 1.29 is 15.0 Å². The number of aliphatic hydroxyl groups is 1. The minimum atomic E-state index is -1.97. The minimum Gasteiger partial charge on any atom is -0.507 e. The first-order valence-electron chi connectivity index (χ1n) is 7.87. The molecule has 1 unspecified atom stereocenters. The predicted octanol–water partition coefficient (Wildman–Crippen LogP) is 2.76. The molecule has 1 aliphatic heterocycles. The van der Waals surface area contributed by atoms with E-state index in [-0.39, 0.29) is 17.9 Å². The molecular formula is C21H15NO3. The van der Waals surface area contributed by atoms with E-state index in [9.17, 15) is 15.0 Å². The van der Waals surface area contributed by atoms with Gasteiger partial charge in [-0.2, -0.15) is 0 Å². The van der Waals surface area contributed by atoms with Crippen molar-refractivity contribution in [2.45, 2.75) is 5.60 Å². The zero-order valence-corrected chi connectivity index (χ0v) is 13.3. The van der Waals surface area contributed by atoms with Gasteiger partial charge in [-0.15, -0.1) is 6.42 Å². The summed E-state index contributed by atoms with van der Waals surface area (Å²) in [6, 6.07) is 17.6. The van der Waals surface area contributed by atoms with Crippen LogP contribution in [0, 0.1) is 12.3 Å². The summed E-state index contributed by atoms with van der Waals surface area (Å²) in [5, 5.41) is 23.6. The third-order valence-electron chi connectivity index (χ3n) is 4.68. The largest absolute Gasteiger partial charge is 0.507 e. The molecule has 0 fully saturated rings. The fraction of sp³-hybridized carbons (Fsp3) is 0.0952. The summed E-state index contributed by atoms with van der Waals surface area (Å²) in [6.45, 7) is 0.0481. The van der Waals surface area contributed by atoms with Crippen LogP contribution in [0.25, 0.3) is 10.8 Å². The number of fused-ring (bicyclic) bond motifs is 2. The maximum absolute atomic E-state index is 13.0. The molecule has 1 heterocycles. The third kappa shape index (κ3) is 1.97. The maximum Gasteiger partial charge on any atom is 0.269 e. The Labute approximate surface area is 144 Å². The number of carbonyl (C=O) groups excluding carboxylic acids is 1. The SMILES string of the molecule is C#CCN1C(=O)C(O)(c2ccc3ccccc3c2O)c2ccccc21. The van der Waals surface area contributed by atoms with Gasteiger partial charge in [-0.3, -0.25) is 9.69 Å². The number of benzene rings is 3. The second kappa shape index (κ2) is 5.37. The van der Waals surface area contributed by atoms with Crippen LogP contribution in [0.2, 0.25) is 0 Å². The summed E-state index contributed by atoms with van der Waals surface area (Å²) in [6.07, 6.45) is 5.38. The molecule has 2 N–H and O–H groups in total. The van der Waals surface area contributed by atoms with Crippen LogP contribution in [-0.2, 0) is 10.4 Å². The molecule has 0 aromatic heterocycles. The molecule has 0 saturated carbocycles. The molecule has 0 saturated heterocycles. The number of hydrogen-bond donors (Lipinski definition) is 2. The van der Waals surface area contributed by atoms with Crippen molar-refractivity contribution in [1.29, 1.82) is 0 Å². The highest BCUT2D eigenvalue weighted by Crippen LogP contribution is 2.47. The molecule has 0 spiro atoms. The molecule has 0 radical (unpaired) electrons. The first kappa shape index (κ1) is 15.3. The van der Waals surface area contributed by atoms with E-state index < -0.39 is 11.5 Å². The van der Waals surface area contributed by atoms with E-state index in [1.54, 1.807) is 48.5 Å². The number of hydrogen-bond acceptors (Lipinski definition) is 3. The molecule has 4 nitrogen and oxygen atoms in total. The third-order valence-corrected chi connectivity index (χ3v) is 4.68. The van der Waals surface area contributed by atoms with Gasteiger partial charge >= 0.3 is 0 Å². The Balaban J connectivity index is 2.00. The lowest BCUT2D eigenvalue weighted by molar-refractivity contribution is -0.132. The number of aromatic hydroxyl groups is 1. The number of terminal acetylenes is 1. The molecule has 1 atom stereocenters. The number of phenols is 1. The molecular weight excluding hydrogens is 314 g/mol. The fourth-order valence-electron chi connectivity index (χ4n) is 3.49. The molecule has 0 aliphatic carbocycles. The van der Waals surface area contributed by atoms with Gasteiger partial charge < -0.3 is 10.2 Å². The fourth-order valence-corrected chi connectivity index (χ4v) is 3.49. The van der Waals surface area contributed by atoms with Crippen molar-refractivity contribution in [2.75, 3.05) is 11.4 Å². The van der Waals surface area contributed by atoms with E-state index in [1.165, 1.54) is 4.90 Å². The number of carbonyl (C=O) groups is 1. The van der Waals surface area contributed by atoms with Crippen molar-refractivity contribution in [2.24, 2.45) is 0 Å². The molecule has 0 bridgehead atoms. The lowest BCUT2D eigenvalue weighted by Crippen LogP contribution is -2.41. The van der Waals surface area contributed by atoms with Gasteiger partial charge in [0, 0.05) is 16.5 Å². The van der Waals surface area contributed by atoms with E-state index >= 15 is 0 Å². The van der Waals surface area contributed by atoms with Gasteiger partial charge in [0.05, 0.1) is 12.2 Å². The highest BCUT2D eigenvalue weighted by Gasteiger charge is 2.52. The molecule has 4 heteroatoms. The number of rotatable bonds is 2. The lowest BCUT2D eigenvalue weighted by atomic mass is 9.85. The second-order valence-electron chi connectivity index (χ2n) is 6.01. The summed E-state index contributed by atoms with van der Waals surface area (Å²) < 4.78 is 0. The van der Waals surface area contributed by atoms with Crippen molar-refractivity contribution in [1.82, 2.24) is 0 Å². The van der Waals surface area contributed by atoms with Crippen LogP contribution >= 0.6 is 0 Å². The van der Waals surface area contributed by atoms with Crippen LogP contribution in [0.3, 0.4) is 0 Å². The van der Waals surface area contributed by atoms with E-state index in [0.717, 1.165) is 5.39 Å². The highest BCUT2D eigenvalue weighted by atomic mass is 16.3. The molecule has 1 aliphatic rings. The van der Waals surface area contributed by atoms with Gasteiger partial charge in [-0.25, -0.2) is 0 Å². The van der Waals surface area contributed by atoms with Crippen LogP contribution < -0.4 is 4.90 Å². The molecule has 3 aromatic rings. The van der Waals surface area contributed by atoms with Gasteiger partial charge in [0.15, 0.2) is 5.60 Å². The average Bonchev–Trinajstić information content (AvgIpc) is 2.85. The number of phenolic OH excluding ortho intramolecular Hbond substituents is 1. The topological polar surface area (TPSA) is 60.8 Å². The second-order valence-corrected chi connectivity index (χ2v) is 6.01. The molecule has 25 heavy (non-hydrogen) atoms. The van der Waals surface area contributed by atoms with Gasteiger partial charge in [0.1, 0.15) is 5.75 Å². The molecule has 3 aromatic carbocycles. The van der Waals surface area contributed by atoms with Crippen LogP contribution in [0.1, 0.15) is 11.1 Å².